The number of imidazole rings is 1. The SMILES string of the molecule is CN=C[C@H]1CCCN1c1nc(C(C)(C)C)nc2c1ncn2Cc1nnnn1C1CC1. The van der Waals surface area contributed by atoms with Crippen LogP contribution >= 0.6 is 0 Å². The van der Waals surface area contributed by atoms with Gasteiger partial charge in [0.1, 0.15) is 5.82 Å². The molecule has 1 atom stereocenters. The van der Waals surface area contributed by atoms with Crippen molar-refractivity contribution < 1.29 is 0 Å². The molecule has 0 radical (unpaired) electrons. The Morgan fingerprint density at radius 2 is 2.03 bits per heavy atom. The zero-order valence-electron chi connectivity index (χ0n) is 18.0. The number of aliphatic imine (C=N–C) groups is 1. The molecule has 0 unspecified atom stereocenters. The fourth-order valence-electron chi connectivity index (χ4n) is 4.03. The first-order valence-electron chi connectivity index (χ1n) is 10.6. The minimum Gasteiger partial charge on any atom is -0.347 e. The largest absolute Gasteiger partial charge is 0.347 e. The molecular formula is C20H28N10. The van der Waals surface area contributed by atoms with Gasteiger partial charge in [0.25, 0.3) is 0 Å². The molecule has 0 spiro atoms. The van der Waals surface area contributed by atoms with E-state index >= 15 is 0 Å². The number of tetrazole rings is 1. The van der Waals surface area contributed by atoms with Crippen molar-refractivity contribution in [2.24, 2.45) is 4.99 Å². The average molecular weight is 409 g/mol. The molecule has 10 nitrogen and oxygen atoms in total. The number of aromatic nitrogens is 8. The number of hydrogen-bond acceptors (Lipinski definition) is 8. The van der Waals surface area contributed by atoms with Gasteiger partial charge in [-0.25, -0.2) is 19.6 Å². The third-order valence-corrected chi connectivity index (χ3v) is 5.77. The molecule has 10 heteroatoms. The Bertz CT molecular complexity index is 1080. The molecule has 3 aromatic heterocycles. The van der Waals surface area contributed by atoms with Crippen molar-refractivity contribution >= 4 is 23.2 Å². The summed E-state index contributed by atoms with van der Waals surface area (Å²) in [6.07, 6.45) is 8.31. The van der Waals surface area contributed by atoms with Crippen molar-refractivity contribution in [3.05, 3.63) is 18.0 Å². The van der Waals surface area contributed by atoms with E-state index in [4.69, 9.17) is 15.0 Å². The Kier molecular flexibility index (Phi) is 4.52. The van der Waals surface area contributed by atoms with Crippen LogP contribution in [0.4, 0.5) is 5.82 Å². The summed E-state index contributed by atoms with van der Waals surface area (Å²) in [7, 11) is 1.82. The summed E-state index contributed by atoms with van der Waals surface area (Å²) in [6, 6.07) is 0.673. The van der Waals surface area contributed by atoms with Crippen molar-refractivity contribution in [2.75, 3.05) is 18.5 Å². The van der Waals surface area contributed by atoms with E-state index in [2.05, 4.69) is 46.2 Å². The number of fused-ring (bicyclic) bond motifs is 1. The molecule has 0 bridgehead atoms. The lowest BCUT2D eigenvalue weighted by Gasteiger charge is -2.25. The molecule has 1 saturated heterocycles. The first-order valence-corrected chi connectivity index (χ1v) is 10.6. The summed E-state index contributed by atoms with van der Waals surface area (Å²) >= 11 is 0. The van der Waals surface area contributed by atoms with Gasteiger partial charge in [-0.15, -0.1) is 5.10 Å². The first-order chi connectivity index (χ1) is 14.5. The van der Waals surface area contributed by atoms with E-state index in [9.17, 15) is 0 Å². The van der Waals surface area contributed by atoms with Crippen LogP contribution in [0, 0.1) is 0 Å². The molecule has 158 valence electrons. The highest BCUT2D eigenvalue weighted by Gasteiger charge is 2.31. The predicted octanol–water partition coefficient (Wildman–Crippen LogP) is 2.16. The summed E-state index contributed by atoms with van der Waals surface area (Å²) in [6.45, 7) is 7.91. The summed E-state index contributed by atoms with van der Waals surface area (Å²) in [4.78, 5) is 21.2. The molecule has 0 amide bonds. The van der Waals surface area contributed by atoms with Crippen LogP contribution in [-0.4, -0.2) is 65.6 Å². The Hall–Kier alpha value is -2.91. The van der Waals surface area contributed by atoms with Crippen LogP contribution in [0.25, 0.3) is 11.2 Å². The minimum atomic E-state index is -0.179. The van der Waals surface area contributed by atoms with Gasteiger partial charge < -0.3 is 9.47 Å². The normalized spacial score (nSPS) is 20.1. The molecule has 4 heterocycles. The smallest absolute Gasteiger partial charge is 0.171 e. The molecule has 1 aliphatic heterocycles. The van der Waals surface area contributed by atoms with Crippen molar-refractivity contribution in [1.29, 1.82) is 0 Å². The van der Waals surface area contributed by atoms with E-state index in [0.29, 0.717) is 12.6 Å². The molecular weight excluding hydrogens is 380 g/mol. The molecule has 1 aliphatic carbocycles. The van der Waals surface area contributed by atoms with Crippen LogP contribution in [0.1, 0.15) is 64.1 Å². The standard InChI is InChI=1S/C20H28N10/c1-20(2,3)19-23-17-16(18(24-19)29-9-5-6-14(29)10-21-4)22-12-28(17)11-15-25-26-27-30(15)13-7-8-13/h10,12-14H,5-9,11H2,1-4H3/t14-/m1/s1. The first kappa shape index (κ1) is 19.1. The van der Waals surface area contributed by atoms with Crippen LogP contribution in [0.15, 0.2) is 11.3 Å². The molecule has 30 heavy (non-hydrogen) atoms. The summed E-state index contributed by atoms with van der Waals surface area (Å²) in [5, 5.41) is 12.3. The van der Waals surface area contributed by atoms with Gasteiger partial charge in [0.15, 0.2) is 22.8 Å². The number of rotatable bonds is 5. The van der Waals surface area contributed by atoms with Crippen LogP contribution < -0.4 is 4.90 Å². The van der Waals surface area contributed by atoms with E-state index < -0.39 is 0 Å². The zero-order chi connectivity index (χ0) is 20.9. The second kappa shape index (κ2) is 7.10. The maximum absolute atomic E-state index is 4.98. The van der Waals surface area contributed by atoms with E-state index in [1.54, 1.807) is 0 Å². The topological polar surface area (TPSA) is 103 Å². The second-order valence-corrected chi connectivity index (χ2v) is 9.25. The Labute approximate surface area is 175 Å². The Morgan fingerprint density at radius 3 is 2.77 bits per heavy atom. The fraction of sp³-hybridized carbons (Fsp3) is 0.650. The number of anilines is 1. The molecule has 2 aliphatic rings. The lowest BCUT2D eigenvalue weighted by Crippen LogP contribution is -2.32. The van der Waals surface area contributed by atoms with Crippen LogP contribution in [0.5, 0.6) is 0 Å². The molecule has 0 aromatic carbocycles. The summed E-state index contributed by atoms with van der Waals surface area (Å²) in [5.74, 6) is 2.55. The average Bonchev–Trinajstić information content (AvgIpc) is 3.10. The van der Waals surface area contributed by atoms with Crippen molar-refractivity contribution in [1.82, 2.24) is 39.7 Å². The van der Waals surface area contributed by atoms with Gasteiger partial charge in [-0.1, -0.05) is 20.8 Å². The van der Waals surface area contributed by atoms with E-state index in [1.165, 1.54) is 0 Å². The molecule has 2 fully saturated rings. The van der Waals surface area contributed by atoms with Gasteiger partial charge in [0.05, 0.1) is 25.0 Å². The van der Waals surface area contributed by atoms with E-state index in [0.717, 1.165) is 60.9 Å². The van der Waals surface area contributed by atoms with Gasteiger partial charge >= 0.3 is 0 Å². The number of hydrogen-bond donors (Lipinski definition) is 0. The quantitative estimate of drug-likeness (QED) is 0.596. The maximum atomic E-state index is 4.98. The van der Waals surface area contributed by atoms with Gasteiger partial charge in [-0.2, -0.15) is 0 Å². The van der Waals surface area contributed by atoms with E-state index in [-0.39, 0.29) is 11.5 Å². The molecule has 5 rings (SSSR count). The highest BCUT2D eigenvalue weighted by molar-refractivity contribution is 5.86. The summed E-state index contributed by atoms with van der Waals surface area (Å²) < 4.78 is 3.98. The van der Waals surface area contributed by atoms with Gasteiger partial charge in [-0.3, -0.25) is 4.99 Å². The third-order valence-electron chi connectivity index (χ3n) is 5.77. The highest BCUT2D eigenvalue weighted by atomic mass is 15.6. The van der Waals surface area contributed by atoms with Crippen LogP contribution in [0.3, 0.4) is 0 Å². The fourth-order valence-corrected chi connectivity index (χ4v) is 4.03. The lowest BCUT2D eigenvalue weighted by atomic mass is 9.95. The molecule has 1 saturated carbocycles. The van der Waals surface area contributed by atoms with Crippen molar-refractivity contribution in [3.63, 3.8) is 0 Å². The van der Waals surface area contributed by atoms with Crippen LogP contribution in [-0.2, 0) is 12.0 Å². The van der Waals surface area contributed by atoms with Crippen molar-refractivity contribution in [3.8, 4) is 0 Å². The summed E-state index contributed by atoms with van der Waals surface area (Å²) in [5.41, 5.74) is 1.47. The van der Waals surface area contributed by atoms with Gasteiger partial charge in [0.2, 0.25) is 0 Å². The minimum absolute atomic E-state index is 0.179. The third kappa shape index (κ3) is 3.33. The van der Waals surface area contributed by atoms with Gasteiger partial charge in [0, 0.05) is 25.2 Å². The monoisotopic (exact) mass is 408 g/mol. The Balaban J connectivity index is 1.61. The van der Waals surface area contributed by atoms with Gasteiger partial charge in [-0.05, 0) is 36.1 Å². The maximum Gasteiger partial charge on any atom is 0.171 e. The van der Waals surface area contributed by atoms with Crippen molar-refractivity contribution in [2.45, 2.75) is 70.5 Å². The Morgan fingerprint density at radius 1 is 1.20 bits per heavy atom. The van der Waals surface area contributed by atoms with E-state index in [1.807, 2.05) is 28.8 Å². The molecule has 3 aromatic rings. The lowest BCUT2D eigenvalue weighted by molar-refractivity contribution is 0.544. The number of nitrogens with zero attached hydrogens (tertiary/aromatic N) is 10. The zero-order valence-corrected chi connectivity index (χ0v) is 18.0. The second-order valence-electron chi connectivity index (χ2n) is 9.25. The highest BCUT2D eigenvalue weighted by Crippen LogP contribution is 2.35. The molecule has 0 N–H and O–H groups in total. The van der Waals surface area contributed by atoms with Crippen LogP contribution in [0.2, 0.25) is 0 Å². The predicted molar refractivity (Wildman–Crippen MR) is 114 cm³/mol.